The van der Waals surface area contributed by atoms with Crippen LogP contribution in [0, 0.1) is 6.92 Å². The Morgan fingerprint density at radius 2 is 1.85 bits per heavy atom. The zero-order chi connectivity index (χ0) is 19.5. The van der Waals surface area contributed by atoms with E-state index in [0.717, 1.165) is 16.9 Å². The molecule has 0 radical (unpaired) electrons. The van der Waals surface area contributed by atoms with Crippen LogP contribution in [0.3, 0.4) is 0 Å². The minimum atomic E-state index is -0.317. The van der Waals surface area contributed by atoms with Gasteiger partial charge in [-0.05, 0) is 18.6 Å². The number of urea groups is 1. The molecule has 0 aliphatic rings. The summed E-state index contributed by atoms with van der Waals surface area (Å²) in [5.41, 5.74) is 2.66. The smallest absolute Gasteiger partial charge is 0.317 e. The third-order valence-corrected chi connectivity index (χ3v) is 3.90. The standard InChI is InChI=1S/C19H27N5O2/c1-13-9-7-8-10-14(13)24-16(11-15(22-24)19(2,3)4)21-17(25)12-20-18(26)23(5)6/h7-11H,12H2,1-6H3,(H,20,26)(H,21,25). The lowest BCUT2D eigenvalue weighted by molar-refractivity contribution is -0.115. The minimum absolute atomic E-state index is 0.110. The number of aromatic nitrogens is 2. The molecule has 3 amide bonds. The van der Waals surface area contributed by atoms with E-state index in [1.807, 2.05) is 37.3 Å². The second kappa shape index (κ2) is 7.59. The van der Waals surface area contributed by atoms with Crippen LogP contribution in [0.5, 0.6) is 0 Å². The van der Waals surface area contributed by atoms with Crippen LogP contribution in [0.2, 0.25) is 0 Å². The third-order valence-electron chi connectivity index (χ3n) is 3.90. The lowest BCUT2D eigenvalue weighted by atomic mass is 9.92. The van der Waals surface area contributed by atoms with Crippen LogP contribution < -0.4 is 10.6 Å². The second-order valence-electron chi connectivity index (χ2n) is 7.46. The van der Waals surface area contributed by atoms with Crippen LogP contribution in [0.1, 0.15) is 32.0 Å². The molecule has 0 aliphatic heterocycles. The first-order chi connectivity index (χ1) is 12.1. The molecular formula is C19H27N5O2. The average Bonchev–Trinajstić information content (AvgIpc) is 2.96. The van der Waals surface area contributed by atoms with Gasteiger partial charge >= 0.3 is 6.03 Å². The highest BCUT2D eigenvalue weighted by Gasteiger charge is 2.22. The van der Waals surface area contributed by atoms with E-state index in [-0.39, 0.29) is 23.9 Å². The van der Waals surface area contributed by atoms with Crippen molar-refractivity contribution in [3.63, 3.8) is 0 Å². The molecule has 1 aromatic heterocycles. The molecule has 1 heterocycles. The lowest BCUT2D eigenvalue weighted by Crippen LogP contribution is -2.39. The quantitative estimate of drug-likeness (QED) is 0.883. The first-order valence-electron chi connectivity index (χ1n) is 8.51. The van der Waals surface area contributed by atoms with Crippen LogP contribution in [-0.2, 0) is 10.2 Å². The van der Waals surface area contributed by atoms with Crippen molar-refractivity contribution in [3.8, 4) is 5.69 Å². The van der Waals surface area contributed by atoms with E-state index < -0.39 is 0 Å². The predicted octanol–water partition coefficient (Wildman–Crippen LogP) is 2.69. The van der Waals surface area contributed by atoms with Crippen molar-refractivity contribution >= 4 is 17.8 Å². The fraction of sp³-hybridized carbons (Fsp3) is 0.421. The number of carbonyl (C=O) groups is 2. The Labute approximate surface area is 154 Å². The van der Waals surface area contributed by atoms with Crippen LogP contribution in [0.4, 0.5) is 10.6 Å². The summed E-state index contributed by atoms with van der Waals surface area (Å²) in [6, 6.07) is 9.40. The topological polar surface area (TPSA) is 79.3 Å². The van der Waals surface area contributed by atoms with Crippen molar-refractivity contribution in [2.45, 2.75) is 33.1 Å². The fourth-order valence-electron chi connectivity index (χ4n) is 2.32. The van der Waals surface area contributed by atoms with Gasteiger partial charge in [-0.3, -0.25) is 4.79 Å². The molecular weight excluding hydrogens is 330 g/mol. The highest BCUT2D eigenvalue weighted by Crippen LogP contribution is 2.27. The summed E-state index contributed by atoms with van der Waals surface area (Å²) in [6.07, 6.45) is 0. The maximum Gasteiger partial charge on any atom is 0.317 e. The van der Waals surface area contributed by atoms with E-state index in [2.05, 4.69) is 31.4 Å². The fourth-order valence-corrected chi connectivity index (χ4v) is 2.32. The van der Waals surface area contributed by atoms with Gasteiger partial charge in [-0.2, -0.15) is 5.10 Å². The summed E-state index contributed by atoms with van der Waals surface area (Å²) < 4.78 is 1.74. The van der Waals surface area contributed by atoms with Gasteiger partial charge in [-0.25, -0.2) is 9.48 Å². The van der Waals surface area contributed by atoms with E-state index in [1.165, 1.54) is 4.90 Å². The third kappa shape index (κ3) is 4.62. The molecule has 2 aromatic rings. The van der Waals surface area contributed by atoms with Gasteiger partial charge in [0.2, 0.25) is 5.91 Å². The first-order valence-corrected chi connectivity index (χ1v) is 8.51. The molecule has 0 unspecified atom stereocenters. The summed E-state index contributed by atoms with van der Waals surface area (Å²) in [4.78, 5) is 25.2. The van der Waals surface area contributed by atoms with E-state index in [4.69, 9.17) is 5.10 Å². The van der Waals surface area contributed by atoms with Crippen molar-refractivity contribution in [3.05, 3.63) is 41.6 Å². The molecule has 0 saturated carbocycles. The molecule has 7 heteroatoms. The van der Waals surface area contributed by atoms with Gasteiger partial charge in [0.05, 0.1) is 17.9 Å². The zero-order valence-electron chi connectivity index (χ0n) is 16.3. The number of hydrogen-bond donors (Lipinski definition) is 2. The molecule has 0 atom stereocenters. The normalized spacial score (nSPS) is 11.2. The van der Waals surface area contributed by atoms with Crippen LogP contribution in [0.15, 0.2) is 30.3 Å². The summed E-state index contributed by atoms with van der Waals surface area (Å²) in [6.45, 7) is 8.10. The summed E-state index contributed by atoms with van der Waals surface area (Å²) >= 11 is 0. The zero-order valence-corrected chi connectivity index (χ0v) is 16.3. The second-order valence-corrected chi connectivity index (χ2v) is 7.46. The SMILES string of the molecule is Cc1ccccc1-n1nc(C(C)(C)C)cc1NC(=O)CNC(=O)N(C)C. The van der Waals surface area contributed by atoms with Gasteiger partial charge in [-0.1, -0.05) is 39.0 Å². The van der Waals surface area contributed by atoms with Crippen molar-refractivity contribution in [1.82, 2.24) is 20.0 Å². The number of benzene rings is 1. The average molecular weight is 357 g/mol. The highest BCUT2D eigenvalue weighted by atomic mass is 16.2. The summed E-state index contributed by atoms with van der Waals surface area (Å²) in [5, 5.41) is 10.1. The number of nitrogens with one attached hydrogen (secondary N) is 2. The molecule has 7 nitrogen and oxygen atoms in total. The molecule has 0 spiro atoms. The maximum absolute atomic E-state index is 12.3. The Morgan fingerprint density at radius 1 is 1.19 bits per heavy atom. The maximum atomic E-state index is 12.3. The largest absolute Gasteiger partial charge is 0.331 e. The highest BCUT2D eigenvalue weighted by molar-refractivity contribution is 5.94. The molecule has 0 bridgehead atoms. The van der Waals surface area contributed by atoms with Crippen molar-refractivity contribution < 1.29 is 9.59 Å². The molecule has 2 rings (SSSR count). The number of rotatable bonds is 4. The Bertz CT molecular complexity index is 803. The molecule has 140 valence electrons. The Balaban J connectivity index is 2.29. The van der Waals surface area contributed by atoms with Gasteiger partial charge < -0.3 is 15.5 Å². The number of amides is 3. The Morgan fingerprint density at radius 3 is 2.42 bits per heavy atom. The number of anilines is 1. The number of nitrogens with zero attached hydrogens (tertiary/aromatic N) is 3. The van der Waals surface area contributed by atoms with E-state index in [1.54, 1.807) is 18.8 Å². The Hall–Kier alpha value is -2.83. The van der Waals surface area contributed by atoms with Crippen molar-refractivity contribution in [2.24, 2.45) is 0 Å². The molecule has 0 fully saturated rings. The minimum Gasteiger partial charge on any atom is -0.331 e. The van der Waals surface area contributed by atoms with Crippen LogP contribution in [0.25, 0.3) is 5.69 Å². The van der Waals surface area contributed by atoms with Crippen molar-refractivity contribution in [2.75, 3.05) is 26.0 Å². The number of aryl methyl sites for hydroxylation is 1. The van der Waals surface area contributed by atoms with Gasteiger partial charge in [0.15, 0.2) is 0 Å². The first kappa shape index (κ1) is 19.5. The lowest BCUT2D eigenvalue weighted by Gasteiger charge is -2.14. The van der Waals surface area contributed by atoms with Crippen LogP contribution in [-0.4, -0.2) is 47.3 Å². The Kier molecular flexibility index (Phi) is 5.69. The number of para-hydroxylation sites is 1. The number of hydrogen-bond acceptors (Lipinski definition) is 3. The van der Waals surface area contributed by atoms with Gasteiger partial charge in [0.1, 0.15) is 5.82 Å². The molecule has 2 N–H and O–H groups in total. The van der Waals surface area contributed by atoms with Gasteiger partial charge in [0.25, 0.3) is 0 Å². The number of carbonyl (C=O) groups excluding carboxylic acids is 2. The van der Waals surface area contributed by atoms with Gasteiger partial charge in [0, 0.05) is 25.6 Å². The van der Waals surface area contributed by atoms with E-state index in [0.29, 0.717) is 5.82 Å². The summed E-state index contributed by atoms with van der Waals surface area (Å²) in [7, 11) is 3.24. The van der Waals surface area contributed by atoms with Crippen molar-refractivity contribution in [1.29, 1.82) is 0 Å². The van der Waals surface area contributed by atoms with E-state index in [9.17, 15) is 9.59 Å². The molecule has 0 aliphatic carbocycles. The summed E-state index contributed by atoms with van der Waals surface area (Å²) in [5.74, 6) is 0.267. The predicted molar refractivity (Wildman–Crippen MR) is 103 cm³/mol. The monoisotopic (exact) mass is 357 g/mol. The molecule has 0 saturated heterocycles. The molecule has 26 heavy (non-hydrogen) atoms. The van der Waals surface area contributed by atoms with E-state index >= 15 is 0 Å². The molecule has 1 aromatic carbocycles. The van der Waals surface area contributed by atoms with Crippen LogP contribution >= 0.6 is 0 Å². The van der Waals surface area contributed by atoms with Gasteiger partial charge in [-0.15, -0.1) is 0 Å².